The van der Waals surface area contributed by atoms with Gasteiger partial charge in [-0.05, 0) is 42.7 Å². The van der Waals surface area contributed by atoms with Crippen LogP contribution in [-0.2, 0) is 17.9 Å². The minimum Gasteiger partial charge on any atom is -0.497 e. The van der Waals surface area contributed by atoms with Gasteiger partial charge in [0.25, 0.3) is 0 Å². The molecule has 0 spiro atoms. The van der Waals surface area contributed by atoms with E-state index in [0.29, 0.717) is 12.5 Å². The van der Waals surface area contributed by atoms with E-state index in [4.69, 9.17) is 4.74 Å². The molecule has 2 aromatic carbocycles. The fraction of sp³-hybridized carbons (Fsp3) is 0.348. The van der Waals surface area contributed by atoms with Gasteiger partial charge in [0, 0.05) is 18.7 Å². The Morgan fingerprint density at radius 1 is 1.07 bits per heavy atom. The third-order valence-corrected chi connectivity index (χ3v) is 5.65. The van der Waals surface area contributed by atoms with E-state index in [0.717, 1.165) is 34.4 Å². The molecule has 0 saturated heterocycles. The van der Waals surface area contributed by atoms with Gasteiger partial charge in [0.05, 0.1) is 12.4 Å². The van der Waals surface area contributed by atoms with E-state index in [1.54, 1.807) is 7.11 Å². The van der Waals surface area contributed by atoms with Gasteiger partial charge in [0.1, 0.15) is 5.75 Å². The zero-order valence-electron chi connectivity index (χ0n) is 17.8. The van der Waals surface area contributed by atoms with Crippen LogP contribution in [0.15, 0.2) is 59.8 Å². The standard InChI is InChI=1S/C23H28N4O2S/c1-16(2)15-27-21(19-10-12-20(29-4)13-11-19)25-26-23(27)30-17(3)22(28)24-14-18-8-6-5-7-9-18/h5-13,16-17H,14-15H2,1-4H3,(H,24,28)/t17-/m0/s1. The largest absolute Gasteiger partial charge is 0.497 e. The second kappa shape index (κ2) is 10.3. The fourth-order valence-electron chi connectivity index (χ4n) is 3.00. The van der Waals surface area contributed by atoms with Crippen molar-refractivity contribution in [2.75, 3.05) is 7.11 Å². The number of thioether (sulfide) groups is 1. The zero-order valence-corrected chi connectivity index (χ0v) is 18.6. The summed E-state index contributed by atoms with van der Waals surface area (Å²) in [5, 5.41) is 12.3. The van der Waals surface area contributed by atoms with Gasteiger partial charge in [-0.3, -0.25) is 4.79 Å². The zero-order chi connectivity index (χ0) is 21.5. The lowest BCUT2D eigenvalue weighted by Gasteiger charge is -2.15. The van der Waals surface area contributed by atoms with Gasteiger partial charge in [-0.15, -0.1) is 10.2 Å². The van der Waals surface area contributed by atoms with E-state index in [1.165, 1.54) is 11.8 Å². The molecule has 6 nitrogen and oxygen atoms in total. The number of carbonyl (C=O) groups is 1. The van der Waals surface area contributed by atoms with Gasteiger partial charge in [-0.2, -0.15) is 0 Å². The second-order valence-corrected chi connectivity index (χ2v) is 8.81. The molecule has 0 unspecified atom stereocenters. The Labute approximate surface area is 182 Å². The molecule has 0 radical (unpaired) electrons. The Bertz CT molecular complexity index is 955. The van der Waals surface area contributed by atoms with Crippen LogP contribution >= 0.6 is 11.8 Å². The Balaban J connectivity index is 1.74. The number of benzene rings is 2. The molecule has 0 aliphatic carbocycles. The quantitative estimate of drug-likeness (QED) is 0.516. The maximum atomic E-state index is 12.6. The Hall–Kier alpha value is -2.80. The summed E-state index contributed by atoms with van der Waals surface area (Å²) >= 11 is 1.43. The summed E-state index contributed by atoms with van der Waals surface area (Å²) in [4.78, 5) is 12.6. The fourth-order valence-corrected chi connectivity index (χ4v) is 3.88. The van der Waals surface area contributed by atoms with Gasteiger partial charge < -0.3 is 14.6 Å². The van der Waals surface area contributed by atoms with E-state index in [9.17, 15) is 4.79 Å². The number of ether oxygens (including phenoxy) is 1. The Morgan fingerprint density at radius 3 is 2.40 bits per heavy atom. The predicted molar refractivity (Wildman–Crippen MR) is 120 cm³/mol. The average molecular weight is 425 g/mol. The monoisotopic (exact) mass is 424 g/mol. The summed E-state index contributed by atoms with van der Waals surface area (Å²) in [6.07, 6.45) is 0. The first-order valence-corrected chi connectivity index (χ1v) is 10.9. The number of hydrogen-bond donors (Lipinski definition) is 1. The number of amides is 1. The van der Waals surface area contributed by atoms with Crippen LogP contribution in [0.1, 0.15) is 26.3 Å². The third kappa shape index (κ3) is 5.63. The van der Waals surface area contributed by atoms with Crippen LogP contribution < -0.4 is 10.1 Å². The number of aromatic nitrogens is 3. The minimum atomic E-state index is -0.285. The molecule has 0 bridgehead atoms. The third-order valence-electron chi connectivity index (χ3n) is 4.57. The highest BCUT2D eigenvalue weighted by atomic mass is 32.2. The summed E-state index contributed by atoms with van der Waals surface area (Å²) in [5.41, 5.74) is 2.05. The average Bonchev–Trinajstić information content (AvgIpc) is 3.14. The first-order chi connectivity index (χ1) is 14.5. The van der Waals surface area contributed by atoms with Gasteiger partial charge in [-0.25, -0.2) is 0 Å². The molecule has 0 fully saturated rings. The Morgan fingerprint density at radius 2 is 1.77 bits per heavy atom. The molecule has 1 aromatic heterocycles. The number of nitrogens with zero attached hydrogens (tertiary/aromatic N) is 3. The highest BCUT2D eigenvalue weighted by Gasteiger charge is 2.21. The maximum Gasteiger partial charge on any atom is 0.233 e. The lowest BCUT2D eigenvalue weighted by Crippen LogP contribution is -2.30. The molecule has 1 amide bonds. The minimum absolute atomic E-state index is 0.0195. The molecular formula is C23H28N4O2S. The molecule has 158 valence electrons. The SMILES string of the molecule is COc1ccc(-c2nnc(S[C@@H](C)C(=O)NCc3ccccc3)n2CC(C)C)cc1. The van der Waals surface area contributed by atoms with Crippen molar-refractivity contribution in [3.63, 3.8) is 0 Å². The normalized spacial score (nSPS) is 12.0. The van der Waals surface area contributed by atoms with Gasteiger partial charge in [0.15, 0.2) is 11.0 Å². The molecule has 1 heterocycles. The van der Waals surface area contributed by atoms with Crippen molar-refractivity contribution in [1.82, 2.24) is 20.1 Å². The number of nitrogens with one attached hydrogen (secondary N) is 1. The van der Waals surface area contributed by atoms with Crippen LogP contribution in [0.25, 0.3) is 11.4 Å². The number of methoxy groups -OCH3 is 1. The van der Waals surface area contributed by atoms with Crippen LogP contribution in [0.5, 0.6) is 5.75 Å². The van der Waals surface area contributed by atoms with Crippen molar-refractivity contribution in [1.29, 1.82) is 0 Å². The van der Waals surface area contributed by atoms with E-state index in [1.807, 2.05) is 61.5 Å². The van der Waals surface area contributed by atoms with E-state index in [2.05, 4.69) is 33.9 Å². The van der Waals surface area contributed by atoms with Crippen LogP contribution in [0.2, 0.25) is 0 Å². The Kier molecular flexibility index (Phi) is 7.52. The first kappa shape index (κ1) is 21.9. The van der Waals surface area contributed by atoms with Crippen molar-refractivity contribution in [3.05, 3.63) is 60.2 Å². The second-order valence-electron chi connectivity index (χ2n) is 7.50. The smallest absolute Gasteiger partial charge is 0.233 e. The molecule has 7 heteroatoms. The van der Waals surface area contributed by atoms with Crippen molar-refractivity contribution >= 4 is 17.7 Å². The summed E-state index contributed by atoms with van der Waals surface area (Å²) < 4.78 is 7.34. The van der Waals surface area contributed by atoms with Crippen LogP contribution in [0.3, 0.4) is 0 Å². The molecule has 3 rings (SSSR count). The van der Waals surface area contributed by atoms with E-state index in [-0.39, 0.29) is 11.2 Å². The van der Waals surface area contributed by atoms with Crippen LogP contribution in [-0.4, -0.2) is 33.0 Å². The topological polar surface area (TPSA) is 69.0 Å². The van der Waals surface area contributed by atoms with Gasteiger partial charge in [0.2, 0.25) is 5.91 Å². The van der Waals surface area contributed by atoms with Crippen molar-refractivity contribution in [3.8, 4) is 17.1 Å². The molecule has 3 aromatic rings. The summed E-state index contributed by atoms with van der Waals surface area (Å²) in [5.74, 6) is 1.99. The lowest BCUT2D eigenvalue weighted by atomic mass is 10.2. The molecule has 30 heavy (non-hydrogen) atoms. The predicted octanol–water partition coefficient (Wildman–Crippen LogP) is 4.41. The van der Waals surface area contributed by atoms with E-state index >= 15 is 0 Å². The first-order valence-electron chi connectivity index (χ1n) is 10.0. The molecule has 0 aliphatic rings. The number of hydrogen-bond acceptors (Lipinski definition) is 5. The molecule has 1 N–H and O–H groups in total. The molecule has 0 aliphatic heterocycles. The van der Waals surface area contributed by atoms with Crippen molar-refractivity contribution < 1.29 is 9.53 Å². The van der Waals surface area contributed by atoms with E-state index < -0.39 is 0 Å². The maximum absolute atomic E-state index is 12.6. The van der Waals surface area contributed by atoms with Crippen molar-refractivity contribution in [2.24, 2.45) is 5.92 Å². The molecule has 1 atom stereocenters. The number of rotatable bonds is 9. The van der Waals surface area contributed by atoms with Crippen LogP contribution in [0.4, 0.5) is 0 Å². The highest BCUT2D eigenvalue weighted by Crippen LogP contribution is 2.28. The number of carbonyl (C=O) groups excluding carboxylic acids is 1. The summed E-state index contributed by atoms with van der Waals surface area (Å²) in [7, 11) is 1.65. The molecular weight excluding hydrogens is 396 g/mol. The van der Waals surface area contributed by atoms with Crippen molar-refractivity contribution in [2.45, 2.75) is 44.3 Å². The summed E-state index contributed by atoms with van der Waals surface area (Å²) in [6, 6.07) is 17.7. The highest BCUT2D eigenvalue weighted by molar-refractivity contribution is 8.00. The van der Waals surface area contributed by atoms with Crippen LogP contribution in [0, 0.1) is 5.92 Å². The van der Waals surface area contributed by atoms with Gasteiger partial charge >= 0.3 is 0 Å². The molecule has 0 saturated carbocycles. The summed E-state index contributed by atoms with van der Waals surface area (Å²) in [6.45, 7) is 7.49. The van der Waals surface area contributed by atoms with Gasteiger partial charge in [-0.1, -0.05) is 55.9 Å². The lowest BCUT2D eigenvalue weighted by molar-refractivity contribution is -0.120.